The number of aldehydes is 1. The molecule has 0 fully saturated rings. The maximum Gasteiger partial charge on any atom is 0.159 e. The Hall–Kier alpha value is -2.37. The molecule has 0 saturated carbocycles. The van der Waals surface area contributed by atoms with E-state index in [1.807, 2.05) is 18.2 Å². The van der Waals surface area contributed by atoms with Crippen LogP contribution in [-0.2, 0) is 5.60 Å². The molecule has 0 atom stereocenters. The van der Waals surface area contributed by atoms with Gasteiger partial charge in [-0.3, -0.25) is 9.78 Å². The van der Waals surface area contributed by atoms with E-state index in [1.165, 1.54) is 6.20 Å². The maximum atomic E-state index is 11.3. The molecule has 3 aromatic rings. The van der Waals surface area contributed by atoms with Crippen molar-refractivity contribution in [1.82, 2.24) is 15.0 Å². The maximum absolute atomic E-state index is 11.3. The molecule has 0 aliphatic carbocycles. The Morgan fingerprint density at radius 1 is 1.09 bits per heavy atom. The molecule has 1 N–H and O–H groups in total. The van der Waals surface area contributed by atoms with Gasteiger partial charge in [-0.05, 0) is 31.5 Å². The molecule has 3 rings (SSSR count). The molecule has 0 radical (unpaired) electrons. The highest BCUT2D eigenvalue weighted by Crippen LogP contribution is 2.28. The van der Waals surface area contributed by atoms with Crippen molar-refractivity contribution in [2.45, 2.75) is 19.4 Å². The lowest BCUT2D eigenvalue weighted by molar-refractivity contribution is 0.0687. The molecular formula is C17H14ClN3O2. The number of hydrogen-bond donors (Lipinski definition) is 1. The highest BCUT2D eigenvalue weighted by Gasteiger charge is 2.19. The molecule has 0 spiro atoms. The molecule has 0 bridgehead atoms. The third-order valence-corrected chi connectivity index (χ3v) is 3.81. The number of halogens is 1. The van der Waals surface area contributed by atoms with E-state index in [-0.39, 0.29) is 0 Å². The van der Waals surface area contributed by atoms with Crippen molar-refractivity contribution in [3.63, 3.8) is 0 Å². The van der Waals surface area contributed by atoms with E-state index in [0.29, 0.717) is 27.3 Å². The van der Waals surface area contributed by atoms with E-state index in [2.05, 4.69) is 15.0 Å². The highest BCUT2D eigenvalue weighted by atomic mass is 35.5. The van der Waals surface area contributed by atoms with Crippen LogP contribution >= 0.6 is 11.6 Å². The zero-order chi connectivity index (χ0) is 16.6. The largest absolute Gasteiger partial charge is 0.382 e. The summed E-state index contributed by atoms with van der Waals surface area (Å²) in [5.74, 6) is 0.348. The highest BCUT2D eigenvalue weighted by molar-refractivity contribution is 6.34. The number of carbonyl (C=O) groups excluding carboxylic acids is 1. The van der Waals surface area contributed by atoms with Gasteiger partial charge < -0.3 is 5.11 Å². The lowest BCUT2D eigenvalue weighted by Crippen LogP contribution is -2.19. The van der Waals surface area contributed by atoms with Crippen molar-refractivity contribution in [3.05, 3.63) is 53.2 Å². The third kappa shape index (κ3) is 2.93. The molecule has 0 unspecified atom stereocenters. The minimum atomic E-state index is -1.09. The smallest absolute Gasteiger partial charge is 0.159 e. The second kappa shape index (κ2) is 5.68. The topological polar surface area (TPSA) is 76.0 Å². The van der Waals surface area contributed by atoms with Gasteiger partial charge in [-0.1, -0.05) is 17.7 Å². The predicted molar refractivity (Wildman–Crippen MR) is 88.4 cm³/mol. The number of hydrogen-bond acceptors (Lipinski definition) is 5. The summed E-state index contributed by atoms with van der Waals surface area (Å²) in [5, 5.41) is 10.9. The molecular weight excluding hydrogens is 314 g/mol. The standard InChI is InChI=1S/C17H14ClN3O2/c1-17(2,23)16-20-6-11(7-21-16)10-3-4-15-12(5-10)13(9-22)14(18)8-19-15/h3-9,23H,1-2H3. The van der Waals surface area contributed by atoms with Gasteiger partial charge in [0, 0.05) is 35.1 Å². The molecule has 23 heavy (non-hydrogen) atoms. The van der Waals surface area contributed by atoms with Gasteiger partial charge in [0.1, 0.15) is 5.60 Å². The first-order valence-corrected chi connectivity index (χ1v) is 7.36. The van der Waals surface area contributed by atoms with Crippen molar-refractivity contribution >= 4 is 28.8 Å². The van der Waals surface area contributed by atoms with Crippen LogP contribution < -0.4 is 0 Å². The second-order valence-electron chi connectivity index (χ2n) is 5.72. The fourth-order valence-electron chi connectivity index (χ4n) is 2.28. The van der Waals surface area contributed by atoms with Gasteiger partial charge in [-0.15, -0.1) is 0 Å². The van der Waals surface area contributed by atoms with Crippen molar-refractivity contribution in [3.8, 4) is 11.1 Å². The quantitative estimate of drug-likeness (QED) is 0.746. The van der Waals surface area contributed by atoms with Gasteiger partial charge in [0.05, 0.1) is 10.5 Å². The first-order valence-electron chi connectivity index (χ1n) is 6.99. The van der Waals surface area contributed by atoms with Crippen molar-refractivity contribution in [1.29, 1.82) is 0 Å². The Bertz CT molecular complexity index is 887. The van der Waals surface area contributed by atoms with E-state index in [4.69, 9.17) is 11.6 Å². The second-order valence-corrected chi connectivity index (χ2v) is 6.13. The number of benzene rings is 1. The van der Waals surface area contributed by atoms with E-state index < -0.39 is 5.60 Å². The van der Waals surface area contributed by atoms with Gasteiger partial charge >= 0.3 is 0 Å². The van der Waals surface area contributed by atoms with Gasteiger partial charge in [-0.2, -0.15) is 0 Å². The van der Waals surface area contributed by atoms with E-state index >= 15 is 0 Å². The molecule has 2 aromatic heterocycles. The van der Waals surface area contributed by atoms with Gasteiger partial charge in [0.2, 0.25) is 0 Å². The Balaban J connectivity index is 2.12. The predicted octanol–water partition coefficient (Wildman–Crippen LogP) is 3.39. The summed E-state index contributed by atoms with van der Waals surface area (Å²) in [6.45, 7) is 3.25. The number of pyridine rings is 1. The first-order chi connectivity index (χ1) is 10.9. The van der Waals surface area contributed by atoms with Crippen LogP contribution in [0.5, 0.6) is 0 Å². The molecule has 1 aromatic carbocycles. The lowest BCUT2D eigenvalue weighted by atomic mass is 10.0. The fraction of sp³-hybridized carbons (Fsp3) is 0.176. The average Bonchev–Trinajstić information content (AvgIpc) is 2.53. The zero-order valence-corrected chi connectivity index (χ0v) is 13.4. The van der Waals surface area contributed by atoms with Gasteiger partial charge in [0.15, 0.2) is 12.1 Å². The summed E-state index contributed by atoms with van der Waals surface area (Å²) in [6.07, 6.45) is 5.47. The number of rotatable bonds is 3. The number of fused-ring (bicyclic) bond motifs is 1. The van der Waals surface area contributed by atoms with Crippen LogP contribution in [0.2, 0.25) is 5.02 Å². The van der Waals surface area contributed by atoms with Crippen molar-refractivity contribution in [2.24, 2.45) is 0 Å². The normalized spacial score (nSPS) is 11.7. The summed E-state index contributed by atoms with van der Waals surface area (Å²) in [4.78, 5) is 23.9. The molecule has 0 amide bonds. The minimum Gasteiger partial charge on any atom is -0.382 e. The van der Waals surface area contributed by atoms with E-state index in [9.17, 15) is 9.90 Å². The monoisotopic (exact) mass is 327 g/mol. The number of carbonyl (C=O) groups is 1. The summed E-state index contributed by atoms with van der Waals surface area (Å²) in [7, 11) is 0. The van der Waals surface area contributed by atoms with Crippen molar-refractivity contribution < 1.29 is 9.90 Å². The van der Waals surface area contributed by atoms with Crippen molar-refractivity contribution in [2.75, 3.05) is 0 Å². The van der Waals surface area contributed by atoms with Gasteiger partial charge in [-0.25, -0.2) is 9.97 Å². The van der Waals surface area contributed by atoms with Crippen LogP contribution in [0.25, 0.3) is 22.0 Å². The van der Waals surface area contributed by atoms with Crippen LogP contribution in [0, 0.1) is 0 Å². The molecule has 5 nitrogen and oxygen atoms in total. The zero-order valence-electron chi connectivity index (χ0n) is 12.6. The van der Waals surface area contributed by atoms with Gasteiger partial charge in [0.25, 0.3) is 0 Å². The summed E-state index contributed by atoms with van der Waals surface area (Å²) in [6, 6.07) is 5.53. The summed E-state index contributed by atoms with van der Waals surface area (Å²) in [5.41, 5.74) is 1.62. The number of aromatic nitrogens is 3. The minimum absolute atomic E-state index is 0.318. The van der Waals surface area contributed by atoms with Crippen LogP contribution in [0.1, 0.15) is 30.0 Å². The lowest BCUT2D eigenvalue weighted by Gasteiger charge is -2.15. The number of aliphatic hydroxyl groups is 1. The molecule has 2 heterocycles. The Labute approximate surface area is 138 Å². The molecule has 0 saturated heterocycles. The molecule has 0 aliphatic heterocycles. The van der Waals surface area contributed by atoms with Crippen LogP contribution in [-0.4, -0.2) is 26.3 Å². The molecule has 0 aliphatic rings. The van der Waals surface area contributed by atoms with E-state index in [0.717, 1.165) is 17.4 Å². The number of nitrogens with zero attached hydrogens (tertiary/aromatic N) is 3. The Morgan fingerprint density at radius 3 is 2.39 bits per heavy atom. The summed E-state index contributed by atoms with van der Waals surface area (Å²) >= 11 is 6.03. The Morgan fingerprint density at radius 2 is 1.78 bits per heavy atom. The molecule has 116 valence electrons. The summed E-state index contributed by atoms with van der Waals surface area (Å²) < 4.78 is 0. The first kappa shape index (κ1) is 15.5. The van der Waals surface area contributed by atoms with Crippen LogP contribution in [0.4, 0.5) is 0 Å². The average molecular weight is 328 g/mol. The van der Waals surface area contributed by atoms with Crippen LogP contribution in [0.3, 0.4) is 0 Å². The SMILES string of the molecule is CC(C)(O)c1ncc(-c2ccc3ncc(Cl)c(C=O)c3c2)cn1. The third-order valence-electron chi connectivity index (χ3n) is 3.51. The van der Waals surface area contributed by atoms with E-state index in [1.54, 1.807) is 26.2 Å². The fourth-order valence-corrected chi connectivity index (χ4v) is 2.48. The Kier molecular flexibility index (Phi) is 3.83. The van der Waals surface area contributed by atoms with Crippen LogP contribution in [0.15, 0.2) is 36.8 Å². The molecule has 6 heteroatoms.